The predicted molar refractivity (Wildman–Crippen MR) is 55.9 cm³/mol. The molecule has 1 heterocycles. The summed E-state index contributed by atoms with van der Waals surface area (Å²) in [5.74, 6) is -2.37. The number of hydrogen-bond donors (Lipinski definition) is 1. The monoisotopic (exact) mass is 226 g/mol. The van der Waals surface area contributed by atoms with Gasteiger partial charge in [0.2, 0.25) is 0 Å². The average molecular weight is 226 g/mol. The summed E-state index contributed by atoms with van der Waals surface area (Å²) in [6.45, 7) is 0. The Morgan fingerprint density at radius 1 is 1.20 bits per heavy atom. The molecule has 78 valence electrons. The SMILES string of the molecule is FC(F)Sc1ccc(-c2cnc[nH]2)cc1. The molecule has 0 spiro atoms. The van der Waals surface area contributed by atoms with E-state index in [1.165, 1.54) is 0 Å². The van der Waals surface area contributed by atoms with E-state index in [-0.39, 0.29) is 0 Å². The Bertz CT molecular complexity index is 411. The number of rotatable bonds is 3. The zero-order chi connectivity index (χ0) is 10.7. The number of nitrogens with zero attached hydrogens (tertiary/aromatic N) is 1. The van der Waals surface area contributed by atoms with E-state index < -0.39 is 5.76 Å². The highest BCUT2D eigenvalue weighted by Gasteiger charge is 2.05. The third-order valence-corrected chi connectivity index (χ3v) is 2.61. The lowest BCUT2D eigenvalue weighted by Crippen LogP contribution is -1.82. The molecule has 2 aromatic rings. The Balaban J connectivity index is 2.17. The molecule has 2 rings (SSSR count). The van der Waals surface area contributed by atoms with E-state index in [0.717, 1.165) is 11.3 Å². The fourth-order valence-electron chi connectivity index (χ4n) is 1.23. The van der Waals surface area contributed by atoms with E-state index in [4.69, 9.17) is 0 Å². The van der Waals surface area contributed by atoms with Gasteiger partial charge in [-0.25, -0.2) is 4.98 Å². The molecule has 0 saturated heterocycles. The van der Waals surface area contributed by atoms with Gasteiger partial charge in [0.1, 0.15) is 0 Å². The summed E-state index contributed by atoms with van der Waals surface area (Å²) in [6, 6.07) is 6.93. The Kier molecular flexibility index (Phi) is 3.01. The normalized spacial score (nSPS) is 10.9. The topological polar surface area (TPSA) is 28.7 Å². The average Bonchev–Trinajstić information content (AvgIpc) is 2.71. The fourth-order valence-corrected chi connectivity index (χ4v) is 1.73. The molecule has 1 aromatic heterocycles. The summed E-state index contributed by atoms with van der Waals surface area (Å²) >= 11 is 0.545. The number of nitrogens with one attached hydrogen (secondary N) is 1. The molecule has 0 aliphatic heterocycles. The van der Waals surface area contributed by atoms with Gasteiger partial charge < -0.3 is 4.98 Å². The Hall–Kier alpha value is -1.36. The number of benzene rings is 1. The van der Waals surface area contributed by atoms with Gasteiger partial charge in [-0.1, -0.05) is 23.9 Å². The molecule has 0 bridgehead atoms. The summed E-state index contributed by atoms with van der Waals surface area (Å²) < 4.78 is 24.1. The predicted octanol–water partition coefficient (Wildman–Crippen LogP) is 3.39. The van der Waals surface area contributed by atoms with Crippen molar-refractivity contribution < 1.29 is 8.78 Å². The highest BCUT2D eigenvalue weighted by atomic mass is 32.2. The molecular formula is C10H8F2N2S. The maximum Gasteiger partial charge on any atom is 0.288 e. The van der Waals surface area contributed by atoms with Gasteiger partial charge in [0.25, 0.3) is 5.76 Å². The van der Waals surface area contributed by atoms with Crippen molar-refractivity contribution in [3.8, 4) is 11.3 Å². The van der Waals surface area contributed by atoms with Crippen molar-refractivity contribution in [2.24, 2.45) is 0 Å². The second-order valence-electron chi connectivity index (χ2n) is 2.87. The highest BCUT2D eigenvalue weighted by molar-refractivity contribution is 7.99. The van der Waals surface area contributed by atoms with Gasteiger partial charge in [-0.2, -0.15) is 8.78 Å². The van der Waals surface area contributed by atoms with Crippen molar-refractivity contribution in [1.29, 1.82) is 0 Å². The zero-order valence-corrected chi connectivity index (χ0v) is 8.47. The van der Waals surface area contributed by atoms with E-state index in [2.05, 4.69) is 9.97 Å². The van der Waals surface area contributed by atoms with Crippen LogP contribution in [-0.2, 0) is 0 Å². The molecule has 0 aliphatic carbocycles. The number of aromatic amines is 1. The van der Waals surface area contributed by atoms with Crippen LogP contribution in [0.2, 0.25) is 0 Å². The van der Waals surface area contributed by atoms with Crippen LogP contribution in [0.25, 0.3) is 11.3 Å². The molecule has 1 aromatic carbocycles. The Labute approximate surface area is 89.7 Å². The third kappa shape index (κ3) is 2.56. The second kappa shape index (κ2) is 4.44. The Morgan fingerprint density at radius 3 is 2.47 bits per heavy atom. The first-order chi connectivity index (χ1) is 7.25. The molecule has 15 heavy (non-hydrogen) atoms. The molecular weight excluding hydrogens is 218 g/mol. The lowest BCUT2D eigenvalue weighted by atomic mass is 10.2. The summed E-state index contributed by atoms with van der Waals surface area (Å²) in [5, 5.41) is 0. The molecule has 5 heteroatoms. The van der Waals surface area contributed by atoms with Gasteiger partial charge in [0.15, 0.2) is 0 Å². The van der Waals surface area contributed by atoms with E-state index in [1.807, 2.05) is 0 Å². The van der Waals surface area contributed by atoms with Crippen LogP contribution in [0, 0.1) is 0 Å². The maximum atomic E-state index is 12.0. The lowest BCUT2D eigenvalue weighted by Gasteiger charge is -2.01. The largest absolute Gasteiger partial charge is 0.345 e. The summed E-state index contributed by atoms with van der Waals surface area (Å²) in [4.78, 5) is 7.40. The van der Waals surface area contributed by atoms with Crippen LogP contribution in [0.3, 0.4) is 0 Å². The van der Waals surface area contributed by atoms with Crippen LogP contribution < -0.4 is 0 Å². The first-order valence-electron chi connectivity index (χ1n) is 4.29. The molecule has 0 saturated carbocycles. The van der Waals surface area contributed by atoms with Gasteiger partial charge >= 0.3 is 0 Å². The van der Waals surface area contributed by atoms with Crippen LogP contribution >= 0.6 is 11.8 Å². The zero-order valence-electron chi connectivity index (χ0n) is 7.65. The molecule has 0 fully saturated rings. The Morgan fingerprint density at radius 2 is 1.93 bits per heavy atom. The lowest BCUT2D eigenvalue weighted by molar-refractivity contribution is 0.252. The number of hydrogen-bond acceptors (Lipinski definition) is 2. The van der Waals surface area contributed by atoms with Crippen molar-refractivity contribution >= 4 is 11.8 Å². The van der Waals surface area contributed by atoms with Crippen LogP contribution in [0.1, 0.15) is 0 Å². The summed E-state index contributed by atoms with van der Waals surface area (Å²) in [6.07, 6.45) is 3.27. The van der Waals surface area contributed by atoms with Crippen LogP contribution in [0.4, 0.5) is 8.78 Å². The van der Waals surface area contributed by atoms with E-state index >= 15 is 0 Å². The summed E-state index contributed by atoms with van der Waals surface area (Å²) in [7, 11) is 0. The maximum absolute atomic E-state index is 12.0. The van der Waals surface area contributed by atoms with E-state index in [1.54, 1.807) is 36.8 Å². The molecule has 2 nitrogen and oxygen atoms in total. The van der Waals surface area contributed by atoms with Gasteiger partial charge in [-0.15, -0.1) is 0 Å². The minimum atomic E-state index is -2.37. The smallest absolute Gasteiger partial charge is 0.288 e. The minimum Gasteiger partial charge on any atom is -0.345 e. The first-order valence-corrected chi connectivity index (χ1v) is 5.17. The number of aromatic nitrogens is 2. The number of halogens is 2. The van der Waals surface area contributed by atoms with Crippen molar-refractivity contribution in [3.63, 3.8) is 0 Å². The molecule has 0 atom stereocenters. The second-order valence-corrected chi connectivity index (χ2v) is 3.93. The molecule has 0 amide bonds. The van der Waals surface area contributed by atoms with Crippen LogP contribution in [0.15, 0.2) is 41.7 Å². The van der Waals surface area contributed by atoms with Crippen LogP contribution in [0.5, 0.6) is 0 Å². The number of alkyl halides is 2. The molecule has 1 N–H and O–H groups in total. The van der Waals surface area contributed by atoms with E-state index in [0.29, 0.717) is 16.7 Å². The number of thioether (sulfide) groups is 1. The molecule has 0 aliphatic rings. The molecule has 0 unspecified atom stereocenters. The standard InChI is InChI=1S/C10H8F2N2S/c11-10(12)15-8-3-1-7(2-4-8)9-5-13-6-14-9/h1-6,10H,(H,13,14). The fraction of sp³-hybridized carbons (Fsp3) is 0.100. The van der Waals surface area contributed by atoms with E-state index in [9.17, 15) is 8.78 Å². The van der Waals surface area contributed by atoms with Crippen LogP contribution in [-0.4, -0.2) is 15.7 Å². The van der Waals surface area contributed by atoms with Crippen molar-refractivity contribution in [3.05, 3.63) is 36.8 Å². The van der Waals surface area contributed by atoms with Gasteiger partial charge in [0, 0.05) is 4.90 Å². The quantitative estimate of drug-likeness (QED) is 0.812. The minimum absolute atomic E-state index is 0.545. The van der Waals surface area contributed by atoms with Gasteiger partial charge in [-0.05, 0) is 17.7 Å². The number of H-pyrrole nitrogens is 1. The van der Waals surface area contributed by atoms with Gasteiger partial charge in [0.05, 0.1) is 18.2 Å². The van der Waals surface area contributed by atoms with Crippen molar-refractivity contribution in [2.75, 3.05) is 0 Å². The van der Waals surface area contributed by atoms with Crippen molar-refractivity contribution in [2.45, 2.75) is 10.7 Å². The third-order valence-electron chi connectivity index (χ3n) is 1.89. The molecule has 0 radical (unpaired) electrons. The summed E-state index contributed by atoms with van der Waals surface area (Å²) in [5.41, 5.74) is 1.81. The highest BCUT2D eigenvalue weighted by Crippen LogP contribution is 2.27. The van der Waals surface area contributed by atoms with Gasteiger partial charge in [-0.3, -0.25) is 0 Å². The first kappa shape index (κ1) is 10.2. The van der Waals surface area contributed by atoms with Crippen molar-refractivity contribution in [1.82, 2.24) is 9.97 Å². The number of imidazole rings is 1.